The highest BCUT2D eigenvalue weighted by Crippen LogP contribution is 2.27. The number of carbonyl (C=O) groups excluding carboxylic acids is 1. The highest BCUT2D eigenvalue weighted by molar-refractivity contribution is 5.94. The number of aryl methyl sites for hydroxylation is 1. The second-order valence-electron chi connectivity index (χ2n) is 5.62. The third-order valence-electron chi connectivity index (χ3n) is 4.12. The van der Waals surface area contributed by atoms with Crippen LogP contribution in [0.5, 0.6) is 0 Å². The quantitative estimate of drug-likeness (QED) is 0.875. The Hall–Kier alpha value is -2.22. The Kier molecular flexibility index (Phi) is 3.38. The fraction of sp³-hybridized carbons (Fsp3) is 0.571. The summed E-state index contributed by atoms with van der Waals surface area (Å²) in [5.41, 5.74) is 2.59. The molecule has 1 aliphatic carbocycles. The SMILES string of the molecule is O=C(NCc1noc(C2CCCO2)n1)c1n[nH]c2c1CCC2. The minimum absolute atomic E-state index is 0.105. The van der Waals surface area contributed by atoms with E-state index >= 15 is 0 Å². The van der Waals surface area contributed by atoms with E-state index in [-0.39, 0.29) is 18.6 Å². The van der Waals surface area contributed by atoms with Crippen LogP contribution in [0.25, 0.3) is 0 Å². The molecule has 1 aliphatic heterocycles. The molecule has 1 unspecified atom stereocenters. The minimum Gasteiger partial charge on any atom is -0.368 e. The van der Waals surface area contributed by atoms with Gasteiger partial charge in [-0.25, -0.2) is 0 Å². The van der Waals surface area contributed by atoms with Crippen LogP contribution in [0.15, 0.2) is 4.52 Å². The topological polar surface area (TPSA) is 106 Å². The third kappa shape index (κ3) is 2.39. The fourth-order valence-corrected chi connectivity index (χ4v) is 2.99. The van der Waals surface area contributed by atoms with Crippen molar-refractivity contribution in [3.63, 3.8) is 0 Å². The molecule has 1 amide bonds. The molecule has 3 heterocycles. The first-order chi connectivity index (χ1) is 10.8. The van der Waals surface area contributed by atoms with Gasteiger partial charge in [0.15, 0.2) is 11.5 Å². The second kappa shape index (κ2) is 5.53. The zero-order valence-electron chi connectivity index (χ0n) is 12.1. The van der Waals surface area contributed by atoms with E-state index in [1.807, 2.05) is 0 Å². The first-order valence-corrected chi connectivity index (χ1v) is 7.59. The number of aromatic nitrogens is 4. The van der Waals surface area contributed by atoms with Gasteiger partial charge >= 0.3 is 0 Å². The van der Waals surface area contributed by atoms with E-state index in [1.165, 1.54) is 0 Å². The van der Waals surface area contributed by atoms with Gasteiger partial charge in [-0.2, -0.15) is 10.1 Å². The van der Waals surface area contributed by atoms with E-state index in [9.17, 15) is 4.79 Å². The van der Waals surface area contributed by atoms with Crippen LogP contribution in [0.2, 0.25) is 0 Å². The smallest absolute Gasteiger partial charge is 0.272 e. The number of rotatable bonds is 4. The summed E-state index contributed by atoms with van der Waals surface area (Å²) in [7, 11) is 0. The first kappa shape index (κ1) is 13.4. The first-order valence-electron chi connectivity index (χ1n) is 7.59. The van der Waals surface area contributed by atoms with E-state index in [0.717, 1.165) is 50.0 Å². The van der Waals surface area contributed by atoms with Gasteiger partial charge in [-0.15, -0.1) is 0 Å². The van der Waals surface area contributed by atoms with E-state index in [0.29, 0.717) is 17.4 Å². The number of carbonyl (C=O) groups is 1. The van der Waals surface area contributed by atoms with Crippen molar-refractivity contribution in [3.05, 3.63) is 28.7 Å². The number of nitrogens with zero attached hydrogens (tertiary/aromatic N) is 3. The van der Waals surface area contributed by atoms with Gasteiger partial charge in [-0.3, -0.25) is 9.89 Å². The highest BCUT2D eigenvalue weighted by Gasteiger charge is 2.25. The minimum atomic E-state index is -0.206. The molecule has 1 atom stereocenters. The number of nitrogens with one attached hydrogen (secondary N) is 2. The van der Waals surface area contributed by atoms with Gasteiger partial charge in [0.1, 0.15) is 6.10 Å². The zero-order chi connectivity index (χ0) is 14.9. The van der Waals surface area contributed by atoms with Crippen molar-refractivity contribution < 1.29 is 14.1 Å². The van der Waals surface area contributed by atoms with Crippen LogP contribution in [-0.2, 0) is 24.1 Å². The lowest BCUT2D eigenvalue weighted by molar-refractivity contribution is 0.0835. The molecule has 2 N–H and O–H groups in total. The predicted octanol–water partition coefficient (Wildman–Crippen LogP) is 1.06. The van der Waals surface area contributed by atoms with Gasteiger partial charge in [0, 0.05) is 17.9 Å². The van der Waals surface area contributed by atoms with E-state index < -0.39 is 0 Å². The van der Waals surface area contributed by atoms with Crippen molar-refractivity contribution >= 4 is 5.91 Å². The number of ether oxygens (including phenoxy) is 1. The number of fused-ring (bicyclic) bond motifs is 1. The average molecular weight is 303 g/mol. The molecule has 1 saturated heterocycles. The maximum Gasteiger partial charge on any atom is 0.272 e. The molecule has 2 aromatic rings. The van der Waals surface area contributed by atoms with Crippen molar-refractivity contribution in [3.8, 4) is 0 Å². The van der Waals surface area contributed by atoms with Gasteiger partial charge in [-0.05, 0) is 32.1 Å². The average Bonchev–Trinajstić information content (AvgIpc) is 3.27. The monoisotopic (exact) mass is 303 g/mol. The number of hydrogen-bond donors (Lipinski definition) is 2. The molecule has 0 aromatic carbocycles. The molecule has 0 radical (unpaired) electrons. The Bertz CT molecular complexity index is 686. The number of hydrogen-bond acceptors (Lipinski definition) is 6. The van der Waals surface area contributed by atoms with Gasteiger partial charge < -0.3 is 14.6 Å². The largest absolute Gasteiger partial charge is 0.368 e. The van der Waals surface area contributed by atoms with Crippen molar-refractivity contribution in [2.24, 2.45) is 0 Å². The molecule has 2 aliphatic rings. The van der Waals surface area contributed by atoms with Crippen LogP contribution in [0.1, 0.15) is 58.8 Å². The van der Waals surface area contributed by atoms with Gasteiger partial charge in [0.05, 0.1) is 6.54 Å². The number of H-pyrrole nitrogens is 1. The molecule has 0 saturated carbocycles. The van der Waals surface area contributed by atoms with Crippen LogP contribution in [0.4, 0.5) is 0 Å². The second-order valence-corrected chi connectivity index (χ2v) is 5.62. The summed E-state index contributed by atoms with van der Waals surface area (Å²) in [6.45, 7) is 0.945. The predicted molar refractivity (Wildman–Crippen MR) is 74.0 cm³/mol. The molecular formula is C14H17N5O3. The maximum absolute atomic E-state index is 12.2. The molecule has 4 rings (SSSR count). The molecule has 8 heteroatoms. The van der Waals surface area contributed by atoms with Crippen LogP contribution >= 0.6 is 0 Å². The molecule has 116 valence electrons. The van der Waals surface area contributed by atoms with Crippen molar-refractivity contribution in [2.45, 2.75) is 44.8 Å². The molecule has 22 heavy (non-hydrogen) atoms. The Morgan fingerprint density at radius 1 is 1.36 bits per heavy atom. The van der Waals surface area contributed by atoms with Crippen LogP contribution in [0, 0.1) is 0 Å². The molecule has 0 spiro atoms. The lowest BCUT2D eigenvalue weighted by Crippen LogP contribution is -2.24. The summed E-state index contributed by atoms with van der Waals surface area (Å²) in [5.74, 6) is 0.733. The normalized spacial score (nSPS) is 20.3. The van der Waals surface area contributed by atoms with Crippen molar-refractivity contribution in [1.82, 2.24) is 25.7 Å². The van der Waals surface area contributed by atoms with Crippen LogP contribution < -0.4 is 5.32 Å². The summed E-state index contributed by atoms with van der Waals surface area (Å²) in [4.78, 5) is 16.5. The Balaban J connectivity index is 1.39. The molecule has 2 aromatic heterocycles. The molecule has 8 nitrogen and oxygen atoms in total. The Morgan fingerprint density at radius 2 is 2.32 bits per heavy atom. The van der Waals surface area contributed by atoms with Crippen LogP contribution in [-0.4, -0.2) is 32.9 Å². The summed E-state index contributed by atoms with van der Waals surface area (Å²) in [6.07, 6.45) is 4.73. The van der Waals surface area contributed by atoms with Gasteiger partial charge in [0.2, 0.25) is 0 Å². The summed E-state index contributed by atoms with van der Waals surface area (Å²) in [6, 6.07) is 0. The zero-order valence-corrected chi connectivity index (χ0v) is 12.1. The maximum atomic E-state index is 12.2. The summed E-state index contributed by atoms with van der Waals surface area (Å²) >= 11 is 0. The van der Waals surface area contributed by atoms with Crippen LogP contribution in [0.3, 0.4) is 0 Å². The third-order valence-corrected chi connectivity index (χ3v) is 4.12. The number of aromatic amines is 1. The van der Waals surface area contributed by atoms with Crippen molar-refractivity contribution in [1.29, 1.82) is 0 Å². The Labute approximate surface area is 126 Å². The van der Waals surface area contributed by atoms with E-state index in [1.54, 1.807) is 0 Å². The van der Waals surface area contributed by atoms with E-state index in [2.05, 4.69) is 25.7 Å². The van der Waals surface area contributed by atoms with Gasteiger partial charge in [0.25, 0.3) is 11.8 Å². The molecule has 1 fully saturated rings. The highest BCUT2D eigenvalue weighted by atomic mass is 16.5. The number of amides is 1. The van der Waals surface area contributed by atoms with E-state index in [4.69, 9.17) is 9.26 Å². The molecule has 0 bridgehead atoms. The Morgan fingerprint density at radius 3 is 3.18 bits per heavy atom. The lowest BCUT2D eigenvalue weighted by Gasteiger charge is -2.01. The van der Waals surface area contributed by atoms with Crippen molar-refractivity contribution in [2.75, 3.05) is 6.61 Å². The lowest BCUT2D eigenvalue weighted by atomic mass is 10.2. The summed E-state index contributed by atoms with van der Waals surface area (Å²) in [5, 5.41) is 13.7. The summed E-state index contributed by atoms with van der Waals surface area (Å²) < 4.78 is 10.7. The molecular weight excluding hydrogens is 286 g/mol. The standard InChI is InChI=1S/C14H17N5O3/c20-13(12-8-3-1-4-9(8)17-18-12)15-7-11-16-14(22-19-11)10-5-2-6-21-10/h10H,1-7H2,(H,15,20)(H,17,18). The fourth-order valence-electron chi connectivity index (χ4n) is 2.99. The van der Waals surface area contributed by atoms with Gasteiger partial charge in [-0.1, -0.05) is 5.16 Å².